The van der Waals surface area contributed by atoms with Crippen LogP contribution in [0.5, 0.6) is 0 Å². The standard InChI is InChI=1S/C24H16N2OS/c27-23-22(28-24(26-23)25-18-10-2-1-3-11-18)15-21-19-12-6-4-8-16(19)14-17-9-5-7-13-20(17)21/h1-15H,(H,25,26,27)/b22-15+. The number of hydrogen-bond donors (Lipinski definition) is 1. The fraction of sp³-hybridized carbons (Fsp3) is 0. The zero-order valence-corrected chi connectivity index (χ0v) is 15.7. The first-order valence-corrected chi connectivity index (χ1v) is 9.85. The van der Waals surface area contributed by atoms with Gasteiger partial charge in [-0.05, 0) is 63.1 Å². The Kier molecular flexibility index (Phi) is 4.18. The van der Waals surface area contributed by atoms with E-state index in [0.717, 1.165) is 32.8 Å². The lowest BCUT2D eigenvalue weighted by molar-refractivity contribution is -0.115. The minimum atomic E-state index is -0.114. The predicted octanol–water partition coefficient (Wildman–Crippen LogP) is 5.88. The minimum absolute atomic E-state index is 0.114. The lowest BCUT2D eigenvalue weighted by Crippen LogP contribution is -2.19. The fourth-order valence-corrected chi connectivity index (χ4v) is 4.26. The van der Waals surface area contributed by atoms with Crippen LogP contribution >= 0.6 is 11.8 Å². The molecule has 4 aromatic carbocycles. The van der Waals surface area contributed by atoms with E-state index >= 15 is 0 Å². The monoisotopic (exact) mass is 380 g/mol. The minimum Gasteiger partial charge on any atom is -0.300 e. The Morgan fingerprint density at radius 3 is 2.07 bits per heavy atom. The highest BCUT2D eigenvalue weighted by Crippen LogP contribution is 2.34. The van der Waals surface area contributed by atoms with E-state index in [0.29, 0.717) is 10.1 Å². The predicted molar refractivity (Wildman–Crippen MR) is 119 cm³/mol. The molecule has 0 bridgehead atoms. The van der Waals surface area contributed by atoms with E-state index in [4.69, 9.17) is 0 Å². The largest absolute Gasteiger partial charge is 0.300 e. The van der Waals surface area contributed by atoms with Crippen molar-refractivity contribution in [1.82, 2.24) is 5.32 Å². The maximum absolute atomic E-state index is 12.6. The molecule has 0 unspecified atom stereocenters. The van der Waals surface area contributed by atoms with E-state index in [-0.39, 0.29) is 5.91 Å². The SMILES string of the molecule is O=C1NC(=Nc2ccccc2)S/C1=C/c1c2ccccc2cc2ccccc12. The number of aliphatic imine (C=N–C) groups is 1. The molecule has 1 saturated heterocycles. The smallest absolute Gasteiger partial charge is 0.264 e. The van der Waals surface area contributed by atoms with Gasteiger partial charge in [0.2, 0.25) is 0 Å². The van der Waals surface area contributed by atoms with Crippen LogP contribution in [-0.4, -0.2) is 11.1 Å². The van der Waals surface area contributed by atoms with Crippen LogP contribution in [0, 0.1) is 0 Å². The molecule has 134 valence electrons. The highest BCUT2D eigenvalue weighted by atomic mass is 32.2. The van der Waals surface area contributed by atoms with Gasteiger partial charge in [0.1, 0.15) is 0 Å². The first-order chi connectivity index (χ1) is 13.8. The number of nitrogens with one attached hydrogen (secondary N) is 1. The summed E-state index contributed by atoms with van der Waals surface area (Å²) >= 11 is 1.38. The van der Waals surface area contributed by atoms with Gasteiger partial charge in [-0.2, -0.15) is 0 Å². The van der Waals surface area contributed by atoms with E-state index in [1.54, 1.807) is 0 Å². The van der Waals surface area contributed by atoms with Gasteiger partial charge >= 0.3 is 0 Å². The van der Waals surface area contributed by atoms with Crippen LogP contribution in [0.25, 0.3) is 27.6 Å². The molecule has 0 saturated carbocycles. The topological polar surface area (TPSA) is 41.5 Å². The number of carbonyl (C=O) groups excluding carboxylic acids is 1. The molecule has 0 aliphatic carbocycles. The third kappa shape index (κ3) is 3.08. The number of para-hydroxylation sites is 1. The van der Waals surface area contributed by atoms with Gasteiger partial charge in [-0.25, -0.2) is 4.99 Å². The Bertz CT molecular complexity index is 1220. The Labute approximate surface area is 166 Å². The summed E-state index contributed by atoms with van der Waals surface area (Å²) in [5, 5.41) is 8.07. The van der Waals surface area contributed by atoms with Crippen LogP contribution in [0.2, 0.25) is 0 Å². The molecule has 28 heavy (non-hydrogen) atoms. The first kappa shape index (κ1) is 16.8. The number of hydrogen-bond acceptors (Lipinski definition) is 3. The third-order valence-electron chi connectivity index (χ3n) is 4.73. The Hall–Kier alpha value is -3.37. The van der Waals surface area contributed by atoms with Gasteiger partial charge in [0.05, 0.1) is 10.6 Å². The summed E-state index contributed by atoms with van der Waals surface area (Å²) in [7, 11) is 0. The zero-order chi connectivity index (χ0) is 18.9. The van der Waals surface area contributed by atoms with Crippen LogP contribution in [0.1, 0.15) is 5.56 Å². The number of nitrogens with zero attached hydrogens (tertiary/aromatic N) is 1. The number of fused-ring (bicyclic) bond motifs is 2. The first-order valence-electron chi connectivity index (χ1n) is 9.03. The Morgan fingerprint density at radius 2 is 1.39 bits per heavy atom. The Morgan fingerprint density at radius 1 is 0.786 bits per heavy atom. The van der Waals surface area contributed by atoms with Crippen molar-refractivity contribution in [2.75, 3.05) is 0 Å². The quantitative estimate of drug-likeness (QED) is 0.348. The molecule has 4 aromatic rings. The summed E-state index contributed by atoms with van der Waals surface area (Å²) in [6.07, 6.45) is 1.98. The number of carbonyl (C=O) groups is 1. The van der Waals surface area contributed by atoms with Gasteiger partial charge in [-0.15, -0.1) is 0 Å². The summed E-state index contributed by atoms with van der Waals surface area (Å²) in [5.74, 6) is -0.114. The number of amides is 1. The average Bonchev–Trinajstić information content (AvgIpc) is 3.07. The van der Waals surface area contributed by atoms with Crippen LogP contribution in [-0.2, 0) is 4.79 Å². The van der Waals surface area contributed by atoms with Crippen LogP contribution in [0.4, 0.5) is 5.69 Å². The maximum Gasteiger partial charge on any atom is 0.264 e. The fourth-order valence-electron chi connectivity index (χ4n) is 3.44. The van der Waals surface area contributed by atoms with Crippen molar-refractivity contribution in [2.24, 2.45) is 4.99 Å². The normalized spacial score (nSPS) is 16.9. The lowest BCUT2D eigenvalue weighted by atomic mass is 9.96. The molecule has 1 fully saturated rings. The molecule has 1 aliphatic heterocycles. The molecule has 4 heteroatoms. The van der Waals surface area contributed by atoms with Crippen molar-refractivity contribution in [1.29, 1.82) is 0 Å². The zero-order valence-electron chi connectivity index (χ0n) is 14.9. The van der Waals surface area contributed by atoms with E-state index in [2.05, 4.69) is 40.6 Å². The second-order valence-electron chi connectivity index (χ2n) is 6.55. The summed E-state index contributed by atoms with van der Waals surface area (Å²) in [5.41, 5.74) is 1.88. The molecule has 0 spiro atoms. The molecule has 1 amide bonds. The van der Waals surface area contributed by atoms with Gasteiger partial charge in [0.25, 0.3) is 5.91 Å². The number of benzene rings is 4. The summed E-state index contributed by atoms with van der Waals surface area (Å²) in [6, 6.07) is 28.4. The molecule has 1 heterocycles. The summed E-state index contributed by atoms with van der Waals surface area (Å²) in [4.78, 5) is 17.8. The highest BCUT2D eigenvalue weighted by Gasteiger charge is 2.24. The molecule has 0 radical (unpaired) electrons. The molecule has 0 atom stereocenters. The van der Waals surface area contributed by atoms with E-state index in [9.17, 15) is 4.79 Å². The summed E-state index contributed by atoms with van der Waals surface area (Å²) < 4.78 is 0. The second kappa shape index (κ2) is 6.98. The maximum atomic E-state index is 12.6. The van der Waals surface area contributed by atoms with Gasteiger partial charge in [-0.3, -0.25) is 4.79 Å². The van der Waals surface area contributed by atoms with Gasteiger partial charge < -0.3 is 5.32 Å². The van der Waals surface area contributed by atoms with Crippen LogP contribution < -0.4 is 5.32 Å². The van der Waals surface area contributed by atoms with E-state index in [1.807, 2.05) is 60.7 Å². The second-order valence-corrected chi connectivity index (χ2v) is 7.58. The summed E-state index contributed by atoms with van der Waals surface area (Å²) in [6.45, 7) is 0. The van der Waals surface area contributed by atoms with Crippen molar-refractivity contribution in [3.63, 3.8) is 0 Å². The molecule has 1 aliphatic rings. The van der Waals surface area contributed by atoms with E-state index < -0.39 is 0 Å². The van der Waals surface area contributed by atoms with Crippen molar-refractivity contribution < 1.29 is 4.79 Å². The molecule has 0 aromatic heterocycles. The molecule has 5 rings (SSSR count). The van der Waals surface area contributed by atoms with Gasteiger partial charge in [-0.1, -0.05) is 66.7 Å². The van der Waals surface area contributed by atoms with Crippen molar-refractivity contribution in [2.45, 2.75) is 0 Å². The van der Waals surface area contributed by atoms with Gasteiger partial charge in [0.15, 0.2) is 5.17 Å². The van der Waals surface area contributed by atoms with Crippen molar-refractivity contribution in [3.05, 3.63) is 95.4 Å². The average molecular weight is 380 g/mol. The lowest BCUT2D eigenvalue weighted by Gasteiger charge is -2.08. The number of rotatable bonds is 2. The Balaban J connectivity index is 1.63. The number of thioether (sulfide) groups is 1. The highest BCUT2D eigenvalue weighted by molar-refractivity contribution is 8.18. The number of amidine groups is 1. The van der Waals surface area contributed by atoms with Crippen LogP contribution in [0.15, 0.2) is 94.8 Å². The molecule has 3 nitrogen and oxygen atoms in total. The van der Waals surface area contributed by atoms with Crippen molar-refractivity contribution in [3.8, 4) is 0 Å². The van der Waals surface area contributed by atoms with Crippen LogP contribution in [0.3, 0.4) is 0 Å². The van der Waals surface area contributed by atoms with Crippen molar-refractivity contribution >= 4 is 56.1 Å². The van der Waals surface area contributed by atoms with E-state index in [1.165, 1.54) is 11.8 Å². The molecule has 1 N–H and O–H groups in total. The van der Waals surface area contributed by atoms with Gasteiger partial charge in [0, 0.05) is 0 Å². The molecular weight excluding hydrogens is 364 g/mol. The molecular formula is C24H16N2OS. The third-order valence-corrected chi connectivity index (χ3v) is 5.64.